The summed E-state index contributed by atoms with van der Waals surface area (Å²) in [6.07, 6.45) is 5.59. The van der Waals surface area contributed by atoms with Crippen LogP contribution in [0, 0.1) is 6.92 Å². The van der Waals surface area contributed by atoms with Crippen LogP contribution < -0.4 is 0 Å². The fourth-order valence-corrected chi connectivity index (χ4v) is 4.99. The normalized spacial score (nSPS) is 11.4. The number of hydrogen-bond acceptors (Lipinski definition) is 5. The molecule has 0 saturated carbocycles. The lowest BCUT2D eigenvalue weighted by Crippen LogP contribution is -1.83. The lowest BCUT2D eigenvalue weighted by molar-refractivity contribution is 0.948. The Morgan fingerprint density at radius 2 is 2.04 bits per heavy atom. The molecule has 0 aliphatic carbocycles. The molecule has 7 heteroatoms. The number of thiazole rings is 2. The van der Waals surface area contributed by atoms with Crippen molar-refractivity contribution in [2.45, 2.75) is 6.92 Å². The van der Waals surface area contributed by atoms with E-state index in [1.165, 1.54) is 0 Å². The van der Waals surface area contributed by atoms with Gasteiger partial charge in [-0.15, -0.1) is 22.7 Å². The first-order valence-electron chi connectivity index (χ1n) is 7.80. The van der Waals surface area contributed by atoms with Gasteiger partial charge in [0, 0.05) is 29.5 Å². The molecular formula is C18H13N5S2. The van der Waals surface area contributed by atoms with Gasteiger partial charge in [-0.2, -0.15) is 5.10 Å². The highest BCUT2D eigenvalue weighted by Gasteiger charge is 2.21. The van der Waals surface area contributed by atoms with Crippen LogP contribution in [0.5, 0.6) is 0 Å². The fourth-order valence-electron chi connectivity index (χ4n) is 2.91. The zero-order valence-corrected chi connectivity index (χ0v) is 14.9. The van der Waals surface area contributed by atoms with Crippen LogP contribution in [-0.2, 0) is 0 Å². The minimum Gasteiger partial charge on any atom is -0.344 e. The minimum absolute atomic E-state index is 0.842. The van der Waals surface area contributed by atoms with Crippen LogP contribution in [0.4, 0.5) is 0 Å². The number of aromatic amines is 1. The predicted molar refractivity (Wildman–Crippen MR) is 102 cm³/mol. The molecule has 4 aromatic heterocycles. The molecule has 5 rings (SSSR count). The third-order valence-electron chi connectivity index (χ3n) is 4.02. The van der Waals surface area contributed by atoms with Gasteiger partial charge in [0.15, 0.2) is 0 Å². The Morgan fingerprint density at radius 1 is 1.16 bits per heavy atom. The van der Waals surface area contributed by atoms with Gasteiger partial charge in [-0.05, 0) is 6.92 Å². The summed E-state index contributed by atoms with van der Waals surface area (Å²) in [6, 6.07) is 10.2. The van der Waals surface area contributed by atoms with Crippen LogP contribution in [0.2, 0.25) is 0 Å². The van der Waals surface area contributed by atoms with Crippen molar-refractivity contribution in [2.75, 3.05) is 0 Å². The number of aryl methyl sites for hydroxylation is 1. The molecule has 4 heterocycles. The Hall–Kier alpha value is -2.77. The highest BCUT2D eigenvalue weighted by Crippen LogP contribution is 2.41. The quantitative estimate of drug-likeness (QED) is 0.497. The smallest absolute Gasteiger partial charge is 0.149 e. The number of nitrogens with one attached hydrogen (secondary N) is 1. The van der Waals surface area contributed by atoms with E-state index in [2.05, 4.69) is 27.2 Å². The molecule has 0 spiro atoms. The van der Waals surface area contributed by atoms with Crippen LogP contribution in [0.15, 0.2) is 54.3 Å². The number of hydrogen-bond donors (Lipinski definition) is 1. The summed E-state index contributed by atoms with van der Waals surface area (Å²) in [7, 11) is 0. The number of rotatable bonds is 3. The third-order valence-corrected chi connectivity index (χ3v) is 5.98. The van der Waals surface area contributed by atoms with Gasteiger partial charge in [-0.1, -0.05) is 30.3 Å². The maximum atomic E-state index is 4.98. The monoisotopic (exact) mass is 363 g/mol. The van der Waals surface area contributed by atoms with Crippen molar-refractivity contribution in [1.82, 2.24) is 24.6 Å². The molecule has 0 atom stereocenters. The lowest BCUT2D eigenvalue weighted by Gasteiger charge is -1.99. The van der Waals surface area contributed by atoms with Gasteiger partial charge in [-0.3, -0.25) is 0 Å². The van der Waals surface area contributed by atoms with Gasteiger partial charge in [0.25, 0.3) is 0 Å². The SMILES string of the molecule is Cc1nn2ccsc2c1-c1nc(-c2ccccc2)c(-c2ncc[nH]2)s1. The molecule has 5 nitrogen and oxygen atoms in total. The van der Waals surface area contributed by atoms with Gasteiger partial charge < -0.3 is 4.98 Å². The Labute approximate surface area is 151 Å². The van der Waals surface area contributed by atoms with Gasteiger partial charge >= 0.3 is 0 Å². The summed E-state index contributed by atoms with van der Waals surface area (Å²) >= 11 is 3.33. The summed E-state index contributed by atoms with van der Waals surface area (Å²) in [5.74, 6) is 0.842. The molecule has 5 aromatic rings. The van der Waals surface area contributed by atoms with E-state index in [0.29, 0.717) is 0 Å². The maximum Gasteiger partial charge on any atom is 0.149 e. The van der Waals surface area contributed by atoms with Crippen molar-refractivity contribution < 1.29 is 0 Å². The predicted octanol–water partition coefficient (Wildman–Crippen LogP) is 4.88. The zero-order chi connectivity index (χ0) is 16.8. The summed E-state index contributed by atoms with van der Waals surface area (Å²) in [4.78, 5) is 14.8. The third kappa shape index (κ3) is 2.32. The van der Waals surface area contributed by atoms with Gasteiger partial charge in [0.1, 0.15) is 15.7 Å². The van der Waals surface area contributed by atoms with Crippen molar-refractivity contribution in [3.05, 3.63) is 60.0 Å². The molecular weight excluding hydrogens is 350 g/mol. The number of imidazole rings is 1. The van der Waals surface area contributed by atoms with Crippen LogP contribution in [0.25, 0.3) is 37.4 Å². The maximum absolute atomic E-state index is 4.98. The summed E-state index contributed by atoms with van der Waals surface area (Å²) in [5, 5.41) is 7.61. The molecule has 0 saturated heterocycles. The first-order valence-corrected chi connectivity index (χ1v) is 9.49. The standard InChI is InChI=1S/C18H13N5S2/c1-11-13(18-23(22-11)9-10-24-18)17-21-14(12-5-3-2-4-6-12)15(25-17)16-19-7-8-20-16/h2-10H,1H3,(H,19,20). The van der Waals surface area contributed by atoms with Crippen molar-refractivity contribution in [3.8, 4) is 32.5 Å². The summed E-state index contributed by atoms with van der Waals surface area (Å²) in [5.41, 5.74) is 4.13. The fraction of sp³-hybridized carbons (Fsp3) is 0.0556. The van der Waals surface area contributed by atoms with E-state index in [1.807, 2.05) is 47.4 Å². The van der Waals surface area contributed by atoms with Crippen LogP contribution in [-0.4, -0.2) is 24.6 Å². The van der Waals surface area contributed by atoms with Crippen molar-refractivity contribution >= 4 is 27.5 Å². The van der Waals surface area contributed by atoms with Crippen LogP contribution in [0.1, 0.15) is 5.69 Å². The minimum atomic E-state index is 0.842. The summed E-state index contributed by atoms with van der Waals surface area (Å²) < 4.78 is 1.92. The Morgan fingerprint density at radius 3 is 2.84 bits per heavy atom. The topological polar surface area (TPSA) is 58.9 Å². The van der Waals surface area contributed by atoms with E-state index < -0.39 is 0 Å². The number of H-pyrrole nitrogens is 1. The zero-order valence-electron chi connectivity index (χ0n) is 13.3. The van der Waals surface area contributed by atoms with E-state index >= 15 is 0 Å². The second kappa shape index (κ2) is 5.65. The average molecular weight is 363 g/mol. The second-order valence-corrected chi connectivity index (χ2v) is 7.51. The largest absolute Gasteiger partial charge is 0.344 e. The molecule has 0 aliphatic rings. The molecule has 0 radical (unpaired) electrons. The molecule has 1 aromatic carbocycles. The molecule has 0 aliphatic heterocycles. The van der Waals surface area contributed by atoms with Crippen LogP contribution in [0.3, 0.4) is 0 Å². The molecule has 122 valence electrons. The van der Waals surface area contributed by atoms with E-state index in [4.69, 9.17) is 4.98 Å². The number of benzene rings is 1. The summed E-state index contributed by atoms with van der Waals surface area (Å²) in [6.45, 7) is 2.03. The average Bonchev–Trinajstić information content (AvgIpc) is 3.39. The lowest BCUT2D eigenvalue weighted by atomic mass is 10.1. The molecule has 0 bridgehead atoms. The Bertz CT molecular complexity index is 1150. The van der Waals surface area contributed by atoms with Crippen LogP contribution >= 0.6 is 22.7 Å². The Kier molecular flexibility index (Phi) is 3.29. The highest BCUT2D eigenvalue weighted by atomic mass is 32.1. The van der Waals surface area contributed by atoms with Gasteiger partial charge in [-0.25, -0.2) is 14.5 Å². The van der Waals surface area contributed by atoms with E-state index in [9.17, 15) is 0 Å². The first-order chi connectivity index (χ1) is 12.3. The second-order valence-electron chi connectivity index (χ2n) is 5.61. The van der Waals surface area contributed by atoms with Crippen molar-refractivity contribution in [3.63, 3.8) is 0 Å². The first kappa shape index (κ1) is 14.6. The van der Waals surface area contributed by atoms with E-state index in [1.54, 1.807) is 28.9 Å². The van der Waals surface area contributed by atoms with Gasteiger partial charge in [0.2, 0.25) is 0 Å². The number of fused-ring (bicyclic) bond motifs is 1. The number of nitrogens with zero attached hydrogens (tertiary/aromatic N) is 4. The molecule has 0 unspecified atom stereocenters. The van der Waals surface area contributed by atoms with Crippen molar-refractivity contribution in [2.24, 2.45) is 0 Å². The van der Waals surface area contributed by atoms with E-state index in [-0.39, 0.29) is 0 Å². The Balaban J connectivity index is 1.77. The molecule has 25 heavy (non-hydrogen) atoms. The van der Waals surface area contributed by atoms with E-state index in [0.717, 1.165) is 43.1 Å². The number of aromatic nitrogens is 5. The highest BCUT2D eigenvalue weighted by molar-refractivity contribution is 7.20. The van der Waals surface area contributed by atoms with Gasteiger partial charge in [0.05, 0.1) is 21.8 Å². The molecule has 0 fully saturated rings. The molecule has 0 amide bonds. The van der Waals surface area contributed by atoms with Crippen molar-refractivity contribution in [1.29, 1.82) is 0 Å². The molecule has 1 N–H and O–H groups in total.